The molecular weight excluding hydrogens is 286 g/mol. The Kier molecular flexibility index (Phi) is 4.39. The lowest BCUT2D eigenvalue weighted by Gasteiger charge is -2.16. The number of nitrogens with one attached hydrogen (secondary N) is 4. The van der Waals surface area contributed by atoms with E-state index >= 15 is 0 Å². The average Bonchev–Trinajstić information content (AvgIpc) is 2.94. The molecule has 1 aliphatic heterocycles. The molecule has 0 aliphatic carbocycles. The van der Waals surface area contributed by atoms with Crippen LogP contribution in [0, 0.1) is 18.3 Å². The van der Waals surface area contributed by atoms with Crippen molar-refractivity contribution in [2.45, 2.75) is 19.4 Å². The summed E-state index contributed by atoms with van der Waals surface area (Å²) in [7, 11) is 1.46. The molecule has 4 N–H and O–H groups in total. The Morgan fingerprint density at radius 3 is 2.68 bits per heavy atom. The van der Waals surface area contributed by atoms with Gasteiger partial charge in [-0.1, -0.05) is 0 Å². The third kappa shape index (κ3) is 3.05. The lowest BCUT2D eigenvalue weighted by Crippen LogP contribution is -2.40. The van der Waals surface area contributed by atoms with Crippen LogP contribution in [-0.2, 0) is 9.59 Å². The predicted molar refractivity (Wildman–Crippen MR) is 77.6 cm³/mol. The molecule has 1 fully saturated rings. The van der Waals surface area contributed by atoms with Gasteiger partial charge in [-0.15, -0.1) is 0 Å². The first kappa shape index (κ1) is 15.5. The van der Waals surface area contributed by atoms with Crippen molar-refractivity contribution in [3.05, 3.63) is 28.8 Å². The smallest absolute Gasteiger partial charge is 0.253 e. The van der Waals surface area contributed by atoms with Crippen LogP contribution in [0.5, 0.6) is 0 Å². The minimum atomic E-state index is -0.708. The number of carbonyl (C=O) groups excluding carboxylic acids is 3. The molecule has 0 spiro atoms. The fourth-order valence-electron chi connectivity index (χ4n) is 2.16. The molecular formula is C14H15N5O3. The molecule has 0 aromatic heterocycles. The maximum Gasteiger partial charge on any atom is 0.253 e. The van der Waals surface area contributed by atoms with Gasteiger partial charge >= 0.3 is 0 Å². The molecule has 1 saturated heterocycles. The second-order valence-electron chi connectivity index (χ2n) is 4.85. The highest BCUT2D eigenvalue weighted by molar-refractivity contribution is 6.06. The number of hydrazine groups is 1. The molecule has 114 valence electrons. The first-order valence-electron chi connectivity index (χ1n) is 6.58. The van der Waals surface area contributed by atoms with Crippen LogP contribution >= 0.6 is 0 Å². The van der Waals surface area contributed by atoms with E-state index in [9.17, 15) is 14.4 Å². The van der Waals surface area contributed by atoms with Gasteiger partial charge in [0.2, 0.25) is 11.8 Å². The number of aryl methyl sites for hydroxylation is 1. The number of hydrogen-bond acceptors (Lipinski definition) is 5. The van der Waals surface area contributed by atoms with Crippen molar-refractivity contribution in [2.24, 2.45) is 0 Å². The zero-order valence-electron chi connectivity index (χ0n) is 12.1. The van der Waals surface area contributed by atoms with Gasteiger partial charge in [0.25, 0.3) is 5.91 Å². The topological polar surface area (TPSA) is 123 Å². The number of nitriles is 1. The van der Waals surface area contributed by atoms with Gasteiger partial charge in [0.1, 0.15) is 6.04 Å². The molecule has 8 nitrogen and oxygen atoms in total. The first-order chi connectivity index (χ1) is 10.5. The molecule has 0 saturated carbocycles. The second kappa shape index (κ2) is 6.24. The van der Waals surface area contributed by atoms with Gasteiger partial charge in [-0.3, -0.25) is 19.8 Å². The van der Waals surface area contributed by atoms with Gasteiger partial charge in [-0.25, -0.2) is 5.43 Å². The Morgan fingerprint density at radius 1 is 1.41 bits per heavy atom. The highest BCUT2D eigenvalue weighted by atomic mass is 16.2. The number of benzene rings is 1. The molecule has 1 heterocycles. The minimum Gasteiger partial charge on any atom is -0.355 e. The van der Waals surface area contributed by atoms with E-state index in [2.05, 4.69) is 21.5 Å². The molecule has 1 aromatic rings. The van der Waals surface area contributed by atoms with Crippen molar-refractivity contribution in [3.63, 3.8) is 0 Å². The number of carbonyl (C=O) groups is 3. The number of hydrogen-bond donors (Lipinski definition) is 4. The third-order valence-corrected chi connectivity index (χ3v) is 3.28. The van der Waals surface area contributed by atoms with Crippen molar-refractivity contribution in [1.29, 1.82) is 5.26 Å². The average molecular weight is 301 g/mol. The molecule has 1 atom stereocenters. The Bertz CT molecular complexity index is 692. The number of nitrogens with zero attached hydrogens (tertiary/aromatic N) is 1. The molecule has 0 bridgehead atoms. The van der Waals surface area contributed by atoms with E-state index in [1.165, 1.54) is 13.1 Å². The Labute approximate surface area is 126 Å². The normalized spacial score (nSPS) is 16.6. The first-order valence-corrected chi connectivity index (χ1v) is 6.58. The summed E-state index contributed by atoms with van der Waals surface area (Å²) >= 11 is 0. The maximum atomic E-state index is 12.2. The van der Waals surface area contributed by atoms with Crippen molar-refractivity contribution >= 4 is 23.4 Å². The fourth-order valence-corrected chi connectivity index (χ4v) is 2.16. The summed E-state index contributed by atoms with van der Waals surface area (Å²) in [5, 5.41) is 14.1. The maximum absolute atomic E-state index is 12.2. The van der Waals surface area contributed by atoms with Gasteiger partial charge in [0.15, 0.2) is 0 Å². The molecule has 1 unspecified atom stereocenters. The zero-order chi connectivity index (χ0) is 16.3. The molecule has 22 heavy (non-hydrogen) atoms. The molecule has 8 heteroatoms. The van der Waals surface area contributed by atoms with Gasteiger partial charge in [0.05, 0.1) is 29.3 Å². The highest BCUT2D eigenvalue weighted by Gasteiger charge is 2.28. The summed E-state index contributed by atoms with van der Waals surface area (Å²) in [5.41, 5.74) is 6.34. The van der Waals surface area contributed by atoms with E-state index in [-0.39, 0.29) is 17.9 Å². The SMILES string of the molecule is CNC(=O)c1cc(C#N)cc(C)c1NC(=O)C1CC(=O)NN1. The second-order valence-corrected chi connectivity index (χ2v) is 4.85. The summed E-state index contributed by atoms with van der Waals surface area (Å²) in [5.74, 6) is -1.12. The predicted octanol–water partition coefficient (Wildman–Crippen LogP) is -0.442. The summed E-state index contributed by atoms with van der Waals surface area (Å²) in [6, 6.07) is 4.25. The van der Waals surface area contributed by atoms with Crippen LogP contribution < -0.4 is 21.5 Å². The lowest BCUT2D eigenvalue weighted by molar-refractivity contribution is -0.121. The standard InChI is InChI=1S/C14H15N5O3/c1-7-3-8(6-15)4-9(13(21)16-2)12(7)17-14(22)10-5-11(20)19-18-10/h3-4,10,18H,5H2,1-2H3,(H,16,21)(H,17,22)(H,19,20). The third-order valence-electron chi connectivity index (χ3n) is 3.28. The van der Waals surface area contributed by atoms with Crippen molar-refractivity contribution < 1.29 is 14.4 Å². The minimum absolute atomic E-state index is 0.0243. The summed E-state index contributed by atoms with van der Waals surface area (Å²) in [6.45, 7) is 1.69. The van der Waals surface area contributed by atoms with E-state index in [4.69, 9.17) is 5.26 Å². The quantitative estimate of drug-likeness (QED) is 0.602. The molecule has 1 aromatic carbocycles. The van der Waals surface area contributed by atoms with Gasteiger partial charge in [-0.05, 0) is 24.6 Å². The Balaban J connectivity index is 2.33. The Morgan fingerprint density at radius 2 is 2.14 bits per heavy atom. The van der Waals surface area contributed by atoms with E-state index in [0.29, 0.717) is 16.8 Å². The molecule has 2 rings (SSSR count). The van der Waals surface area contributed by atoms with E-state index in [1.54, 1.807) is 13.0 Å². The van der Waals surface area contributed by atoms with Crippen molar-refractivity contribution in [3.8, 4) is 6.07 Å². The van der Waals surface area contributed by atoms with Crippen LogP contribution in [0.3, 0.4) is 0 Å². The van der Waals surface area contributed by atoms with Crippen LogP contribution in [0.25, 0.3) is 0 Å². The van der Waals surface area contributed by atoms with Gasteiger partial charge in [-0.2, -0.15) is 5.26 Å². The lowest BCUT2D eigenvalue weighted by atomic mass is 10.0. The van der Waals surface area contributed by atoms with Crippen molar-refractivity contribution in [1.82, 2.24) is 16.2 Å². The zero-order valence-corrected chi connectivity index (χ0v) is 12.1. The largest absolute Gasteiger partial charge is 0.355 e. The summed E-state index contributed by atoms with van der Waals surface area (Å²) < 4.78 is 0. The number of rotatable bonds is 3. The van der Waals surface area contributed by atoms with E-state index < -0.39 is 17.9 Å². The van der Waals surface area contributed by atoms with Crippen LogP contribution in [0.15, 0.2) is 12.1 Å². The van der Waals surface area contributed by atoms with E-state index in [1.807, 2.05) is 6.07 Å². The Hall–Kier alpha value is -2.92. The molecule has 0 radical (unpaired) electrons. The monoisotopic (exact) mass is 301 g/mol. The van der Waals surface area contributed by atoms with Crippen molar-refractivity contribution in [2.75, 3.05) is 12.4 Å². The van der Waals surface area contributed by atoms with Gasteiger partial charge in [0, 0.05) is 7.05 Å². The van der Waals surface area contributed by atoms with Gasteiger partial charge < -0.3 is 10.6 Å². The summed E-state index contributed by atoms with van der Waals surface area (Å²) in [6.07, 6.45) is 0.0243. The van der Waals surface area contributed by atoms with Crippen LogP contribution in [0.2, 0.25) is 0 Å². The van der Waals surface area contributed by atoms with E-state index in [0.717, 1.165) is 0 Å². The summed E-state index contributed by atoms with van der Waals surface area (Å²) in [4.78, 5) is 35.3. The molecule has 3 amide bonds. The van der Waals surface area contributed by atoms with Crippen LogP contribution in [-0.4, -0.2) is 30.8 Å². The van der Waals surface area contributed by atoms with Crippen LogP contribution in [0.1, 0.15) is 27.9 Å². The number of amides is 3. The number of anilines is 1. The fraction of sp³-hybridized carbons (Fsp3) is 0.286. The highest BCUT2D eigenvalue weighted by Crippen LogP contribution is 2.23. The van der Waals surface area contributed by atoms with Crippen LogP contribution in [0.4, 0.5) is 5.69 Å². The molecule has 1 aliphatic rings.